The highest BCUT2D eigenvalue weighted by molar-refractivity contribution is 6.05. The molecular weight excluding hydrogens is 386 g/mol. The number of nitro benzene ring substituents is 1. The van der Waals surface area contributed by atoms with Crippen molar-refractivity contribution in [2.75, 3.05) is 26.3 Å². The van der Waals surface area contributed by atoms with Crippen LogP contribution >= 0.6 is 0 Å². The van der Waals surface area contributed by atoms with Gasteiger partial charge < -0.3 is 15.0 Å². The number of aryl methyl sites for hydroxylation is 1. The average Bonchev–Trinajstić information content (AvgIpc) is 2.73. The molecule has 1 atom stereocenters. The number of Topliss-reactive ketones (excluding diaryl/α,β-unsaturated/α-hetero) is 1. The van der Waals surface area contributed by atoms with Crippen LogP contribution in [0.5, 0.6) is 0 Å². The largest absolute Gasteiger partial charge is 0.378 e. The molecule has 1 saturated heterocycles. The summed E-state index contributed by atoms with van der Waals surface area (Å²) in [6.45, 7) is 5.43. The van der Waals surface area contributed by atoms with E-state index in [0.717, 1.165) is 18.5 Å². The van der Waals surface area contributed by atoms with Crippen LogP contribution in [-0.4, -0.2) is 47.8 Å². The number of hydrogen-bond donors (Lipinski definition) is 1. The third-order valence-corrected chi connectivity index (χ3v) is 6.07. The maximum atomic E-state index is 13.5. The van der Waals surface area contributed by atoms with Crippen LogP contribution in [0.15, 0.2) is 40.7 Å². The molecule has 1 aliphatic carbocycles. The highest BCUT2D eigenvalue weighted by atomic mass is 16.6. The lowest BCUT2D eigenvalue weighted by molar-refractivity contribution is -0.385. The molecular formula is C22H25N3O5. The van der Waals surface area contributed by atoms with Crippen molar-refractivity contribution in [3.8, 4) is 0 Å². The summed E-state index contributed by atoms with van der Waals surface area (Å²) in [6.07, 6.45) is 1.90. The van der Waals surface area contributed by atoms with Gasteiger partial charge in [0.25, 0.3) is 11.6 Å². The topological polar surface area (TPSA) is 102 Å². The van der Waals surface area contributed by atoms with Gasteiger partial charge in [-0.05, 0) is 32.3 Å². The number of hydrogen-bond acceptors (Lipinski definition) is 6. The first-order valence-electron chi connectivity index (χ1n) is 10.2. The molecule has 2 aliphatic heterocycles. The van der Waals surface area contributed by atoms with Gasteiger partial charge in [0.1, 0.15) is 0 Å². The molecule has 158 valence electrons. The number of carbonyl (C=O) groups is 2. The van der Waals surface area contributed by atoms with E-state index in [1.165, 1.54) is 6.07 Å². The van der Waals surface area contributed by atoms with E-state index in [1.807, 2.05) is 6.92 Å². The lowest BCUT2D eigenvalue weighted by Crippen LogP contribution is -2.44. The normalized spacial score (nSPS) is 22.0. The number of nitrogens with zero attached hydrogens (tertiary/aromatic N) is 2. The summed E-state index contributed by atoms with van der Waals surface area (Å²) in [5.74, 6) is -0.762. The van der Waals surface area contributed by atoms with Gasteiger partial charge in [0.05, 0.1) is 18.1 Å². The number of nitro groups is 1. The van der Waals surface area contributed by atoms with Gasteiger partial charge in [-0.25, -0.2) is 0 Å². The zero-order valence-corrected chi connectivity index (χ0v) is 17.2. The maximum absolute atomic E-state index is 13.5. The van der Waals surface area contributed by atoms with Crippen LogP contribution in [0.2, 0.25) is 0 Å². The van der Waals surface area contributed by atoms with Gasteiger partial charge in [0.15, 0.2) is 5.78 Å². The van der Waals surface area contributed by atoms with Crippen molar-refractivity contribution < 1.29 is 19.2 Å². The van der Waals surface area contributed by atoms with E-state index in [1.54, 1.807) is 24.0 Å². The Morgan fingerprint density at radius 3 is 2.67 bits per heavy atom. The minimum absolute atomic E-state index is 0.00300. The van der Waals surface area contributed by atoms with Crippen molar-refractivity contribution >= 4 is 17.4 Å². The SMILES string of the molecule is CC1=C(C(=O)N2CCOCC2)[C@@H](c2ccc(C)c([N+](=O)[O-])c2)C2=C(CCCC2=O)N1. The summed E-state index contributed by atoms with van der Waals surface area (Å²) in [5.41, 5.74) is 3.73. The first-order chi connectivity index (χ1) is 14.4. The van der Waals surface area contributed by atoms with Crippen molar-refractivity contribution in [2.24, 2.45) is 0 Å². The van der Waals surface area contributed by atoms with Crippen LogP contribution in [0, 0.1) is 17.0 Å². The molecule has 3 aliphatic rings. The third-order valence-electron chi connectivity index (χ3n) is 6.07. The predicted octanol–water partition coefficient (Wildman–Crippen LogP) is 2.73. The molecule has 0 saturated carbocycles. The zero-order chi connectivity index (χ0) is 21.4. The Hall–Kier alpha value is -3.00. The van der Waals surface area contributed by atoms with Crippen molar-refractivity contribution in [1.82, 2.24) is 10.2 Å². The Balaban J connectivity index is 1.86. The van der Waals surface area contributed by atoms with Crippen LogP contribution in [0.25, 0.3) is 0 Å². The fraction of sp³-hybridized carbons (Fsp3) is 0.455. The molecule has 30 heavy (non-hydrogen) atoms. The molecule has 1 fully saturated rings. The molecule has 8 heteroatoms. The fourth-order valence-corrected chi connectivity index (χ4v) is 4.54. The number of allylic oxidation sites excluding steroid dienone is 3. The summed E-state index contributed by atoms with van der Waals surface area (Å²) in [7, 11) is 0. The second-order valence-corrected chi connectivity index (χ2v) is 7.97. The number of rotatable bonds is 3. The van der Waals surface area contributed by atoms with Crippen molar-refractivity contribution in [1.29, 1.82) is 0 Å². The molecule has 1 amide bonds. The molecule has 2 heterocycles. The number of ether oxygens (including phenoxy) is 1. The number of amides is 1. The Labute approximate surface area is 174 Å². The molecule has 0 radical (unpaired) electrons. The molecule has 8 nitrogen and oxygen atoms in total. The smallest absolute Gasteiger partial charge is 0.272 e. The number of morpholine rings is 1. The number of nitrogens with one attached hydrogen (secondary N) is 1. The van der Waals surface area contributed by atoms with Crippen LogP contribution < -0.4 is 5.32 Å². The van der Waals surface area contributed by atoms with E-state index in [4.69, 9.17) is 4.74 Å². The van der Waals surface area contributed by atoms with Crippen LogP contribution in [0.3, 0.4) is 0 Å². The monoisotopic (exact) mass is 411 g/mol. The second kappa shape index (κ2) is 8.02. The molecule has 1 aromatic rings. The van der Waals surface area contributed by atoms with E-state index in [0.29, 0.717) is 60.7 Å². The van der Waals surface area contributed by atoms with Crippen LogP contribution in [0.4, 0.5) is 5.69 Å². The molecule has 0 unspecified atom stereocenters. The van der Waals surface area contributed by atoms with Gasteiger partial charge >= 0.3 is 0 Å². The standard InChI is InChI=1S/C22H25N3O5/c1-13-6-7-15(12-17(13)25(28)29)20-19(22(27)24-8-10-30-11-9-24)14(2)23-16-4-3-5-18(26)21(16)20/h6-7,12,20,23H,3-5,8-11H2,1-2H3/t20-/m1/s1. The fourth-order valence-electron chi connectivity index (χ4n) is 4.54. The predicted molar refractivity (Wildman–Crippen MR) is 110 cm³/mol. The molecule has 4 rings (SSSR count). The lowest BCUT2D eigenvalue weighted by atomic mass is 9.74. The highest BCUT2D eigenvalue weighted by Crippen LogP contribution is 2.43. The van der Waals surface area contributed by atoms with Gasteiger partial charge in [-0.3, -0.25) is 19.7 Å². The molecule has 0 aromatic heterocycles. The Morgan fingerprint density at radius 1 is 1.23 bits per heavy atom. The van der Waals surface area contributed by atoms with E-state index < -0.39 is 10.8 Å². The van der Waals surface area contributed by atoms with Gasteiger partial charge in [0, 0.05) is 59.6 Å². The minimum atomic E-state index is -0.608. The summed E-state index contributed by atoms with van der Waals surface area (Å²) in [5, 5.41) is 14.8. The highest BCUT2D eigenvalue weighted by Gasteiger charge is 2.40. The maximum Gasteiger partial charge on any atom is 0.272 e. The third kappa shape index (κ3) is 3.52. The Bertz CT molecular complexity index is 988. The second-order valence-electron chi connectivity index (χ2n) is 7.97. The van der Waals surface area contributed by atoms with Gasteiger partial charge in [-0.1, -0.05) is 12.1 Å². The van der Waals surface area contributed by atoms with Crippen molar-refractivity contribution in [3.05, 3.63) is 62.0 Å². The van der Waals surface area contributed by atoms with Gasteiger partial charge in [0.2, 0.25) is 0 Å². The summed E-state index contributed by atoms with van der Waals surface area (Å²) >= 11 is 0. The van der Waals surface area contributed by atoms with Gasteiger partial charge in [-0.15, -0.1) is 0 Å². The molecule has 1 N–H and O–H groups in total. The Kier molecular flexibility index (Phi) is 5.42. The average molecular weight is 411 g/mol. The van der Waals surface area contributed by atoms with E-state index in [-0.39, 0.29) is 17.4 Å². The van der Waals surface area contributed by atoms with Crippen LogP contribution in [0.1, 0.15) is 43.2 Å². The van der Waals surface area contributed by atoms with E-state index in [9.17, 15) is 19.7 Å². The number of carbonyl (C=O) groups excluding carboxylic acids is 2. The first kappa shape index (κ1) is 20.3. The quantitative estimate of drug-likeness (QED) is 0.606. The number of ketones is 1. The summed E-state index contributed by atoms with van der Waals surface area (Å²) in [4.78, 5) is 39.3. The van der Waals surface area contributed by atoms with E-state index in [2.05, 4.69) is 5.32 Å². The van der Waals surface area contributed by atoms with Crippen molar-refractivity contribution in [3.63, 3.8) is 0 Å². The summed E-state index contributed by atoms with van der Waals surface area (Å²) < 4.78 is 5.37. The minimum Gasteiger partial charge on any atom is -0.378 e. The lowest BCUT2D eigenvalue weighted by Gasteiger charge is -2.37. The van der Waals surface area contributed by atoms with Crippen LogP contribution in [-0.2, 0) is 14.3 Å². The molecule has 1 aromatic carbocycles. The number of dihydropyridines is 1. The molecule has 0 spiro atoms. The zero-order valence-electron chi connectivity index (χ0n) is 17.2. The van der Waals surface area contributed by atoms with Gasteiger partial charge in [-0.2, -0.15) is 0 Å². The van der Waals surface area contributed by atoms with E-state index >= 15 is 0 Å². The number of benzene rings is 1. The first-order valence-corrected chi connectivity index (χ1v) is 10.2. The molecule has 0 bridgehead atoms. The Morgan fingerprint density at radius 2 is 1.97 bits per heavy atom. The summed E-state index contributed by atoms with van der Waals surface area (Å²) in [6, 6.07) is 5.00. The van der Waals surface area contributed by atoms with Crippen molar-refractivity contribution in [2.45, 2.75) is 39.0 Å².